The Labute approximate surface area is 165 Å². The number of nitrogens with zero attached hydrogens (tertiary/aromatic N) is 4. The standard InChI is InChI=1S/C21H28N6O/c1-13(2)27-18-7-5-4-6-16(18)25-21(27)11-23-19-10-17(14-8-15(22)9-14)24-20(26-19)12-28-3/h4-7,10,13-15H,8-9,11-12,22H2,1-3H3,(H,23,24,26). The van der Waals surface area contributed by atoms with Gasteiger partial charge in [-0.3, -0.25) is 0 Å². The van der Waals surface area contributed by atoms with E-state index in [1.165, 1.54) is 0 Å². The fourth-order valence-electron chi connectivity index (χ4n) is 3.88. The third-order valence-corrected chi connectivity index (χ3v) is 5.27. The predicted octanol–water partition coefficient (Wildman–Crippen LogP) is 3.37. The number of nitrogens with one attached hydrogen (secondary N) is 1. The summed E-state index contributed by atoms with van der Waals surface area (Å²) < 4.78 is 7.52. The van der Waals surface area contributed by atoms with Crippen molar-refractivity contribution in [3.8, 4) is 0 Å². The van der Waals surface area contributed by atoms with Crippen LogP contribution in [0.3, 0.4) is 0 Å². The average Bonchev–Trinajstić information content (AvgIpc) is 3.02. The number of hydrogen-bond acceptors (Lipinski definition) is 6. The number of nitrogens with two attached hydrogens (primary N) is 1. The Morgan fingerprint density at radius 3 is 2.71 bits per heavy atom. The molecule has 3 aromatic rings. The molecule has 0 aliphatic heterocycles. The minimum absolute atomic E-state index is 0.285. The molecule has 0 saturated heterocycles. The molecule has 0 radical (unpaired) electrons. The van der Waals surface area contributed by atoms with Crippen LogP contribution >= 0.6 is 0 Å². The zero-order valence-electron chi connectivity index (χ0n) is 16.7. The number of para-hydroxylation sites is 2. The van der Waals surface area contributed by atoms with E-state index in [0.29, 0.717) is 30.9 Å². The second-order valence-electron chi connectivity index (χ2n) is 7.79. The quantitative estimate of drug-likeness (QED) is 0.653. The molecular weight excluding hydrogens is 352 g/mol. The van der Waals surface area contributed by atoms with Crippen molar-refractivity contribution in [2.24, 2.45) is 5.73 Å². The molecule has 3 N–H and O–H groups in total. The van der Waals surface area contributed by atoms with Crippen molar-refractivity contribution in [3.63, 3.8) is 0 Å². The van der Waals surface area contributed by atoms with Crippen LogP contribution < -0.4 is 11.1 Å². The average molecular weight is 380 g/mol. The number of aromatic nitrogens is 4. The first-order valence-electron chi connectivity index (χ1n) is 9.87. The Kier molecular flexibility index (Phi) is 5.28. The number of rotatable bonds is 7. The molecular formula is C21H28N6O. The first-order valence-corrected chi connectivity index (χ1v) is 9.87. The molecule has 0 amide bonds. The van der Waals surface area contributed by atoms with Gasteiger partial charge in [0.2, 0.25) is 0 Å². The maximum atomic E-state index is 5.96. The van der Waals surface area contributed by atoms with Gasteiger partial charge in [-0.1, -0.05) is 12.1 Å². The number of ether oxygens (including phenoxy) is 1. The molecule has 2 aromatic heterocycles. The normalized spacial score (nSPS) is 19.2. The minimum atomic E-state index is 0.285. The van der Waals surface area contributed by atoms with Crippen LogP contribution in [0.15, 0.2) is 30.3 Å². The van der Waals surface area contributed by atoms with Crippen molar-refractivity contribution in [2.75, 3.05) is 12.4 Å². The van der Waals surface area contributed by atoms with Gasteiger partial charge in [0.05, 0.1) is 17.6 Å². The lowest BCUT2D eigenvalue weighted by atomic mass is 9.78. The molecule has 1 aromatic carbocycles. The number of fused-ring (bicyclic) bond motifs is 1. The van der Waals surface area contributed by atoms with Crippen LogP contribution in [0.2, 0.25) is 0 Å². The molecule has 0 atom stereocenters. The van der Waals surface area contributed by atoms with E-state index in [1.807, 2.05) is 12.1 Å². The molecule has 1 aliphatic carbocycles. The highest BCUT2D eigenvalue weighted by Crippen LogP contribution is 2.35. The largest absolute Gasteiger partial charge is 0.377 e. The summed E-state index contributed by atoms with van der Waals surface area (Å²) in [5.41, 5.74) is 9.18. The molecule has 28 heavy (non-hydrogen) atoms. The number of hydrogen-bond donors (Lipinski definition) is 2. The Hall–Kier alpha value is -2.51. The molecule has 1 saturated carbocycles. The van der Waals surface area contributed by atoms with Gasteiger partial charge in [-0.15, -0.1) is 0 Å². The van der Waals surface area contributed by atoms with Gasteiger partial charge in [0, 0.05) is 36.9 Å². The highest BCUT2D eigenvalue weighted by Gasteiger charge is 2.29. The fraction of sp³-hybridized carbons (Fsp3) is 0.476. The molecule has 7 nitrogen and oxygen atoms in total. The predicted molar refractivity (Wildman–Crippen MR) is 110 cm³/mol. The van der Waals surface area contributed by atoms with Gasteiger partial charge < -0.3 is 20.4 Å². The molecule has 148 valence electrons. The number of anilines is 1. The van der Waals surface area contributed by atoms with Gasteiger partial charge in [-0.25, -0.2) is 15.0 Å². The summed E-state index contributed by atoms with van der Waals surface area (Å²) in [5.74, 6) is 2.91. The fourth-order valence-corrected chi connectivity index (χ4v) is 3.88. The van der Waals surface area contributed by atoms with E-state index in [4.69, 9.17) is 15.5 Å². The first-order chi connectivity index (χ1) is 13.5. The Bertz CT molecular complexity index is 961. The summed E-state index contributed by atoms with van der Waals surface area (Å²) in [6.45, 7) is 5.35. The highest BCUT2D eigenvalue weighted by atomic mass is 16.5. The van der Waals surface area contributed by atoms with Gasteiger partial charge in [-0.05, 0) is 38.8 Å². The van der Waals surface area contributed by atoms with Crippen molar-refractivity contribution in [1.29, 1.82) is 0 Å². The summed E-state index contributed by atoms with van der Waals surface area (Å²) >= 11 is 0. The Morgan fingerprint density at radius 2 is 2.00 bits per heavy atom. The van der Waals surface area contributed by atoms with Crippen LogP contribution in [0, 0.1) is 0 Å². The third-order valence-electron chi connectivity index (χ3n) is 5.27. The summed E-state index contributed by atoms with van der Waals surface area (Å²) in [4.78, 5) is 14.1. The SMILES string of the molecule is COCc1nc(NCc2nc3ccccc3n2C(C)C)cc(C2CC(N)C2)n1. The molecule has 0 bridgehead atoms. The number of methoxy groups -OCH3 is 1. The second-order valence-corrected chi connectivity index (χ2v) is 7.79. The summed E-state index contributed by atoms with van der Waals surface area (Å²) in [5, 5.41) is 3.45. The van der Waals surface area contributed by atoms with Crippen molar-refractivity contribution < 1.29 is 4.74 Å². The Morgan fingerprint density at radius 1 is 1.21 bits per heavy atom. The highest BCUT2D eigenvalue weighted by molar-refractivity contribution is 5.76. The second kappa shape index (κ2) is 7.85. The summed E-state index contributed by atoms with van der Waals surface area (Å²) in [7, 11) is 1.66. The monoisotopic (exact) mass is 380 g/mol. The van der Waals surface area contributed by atoms with Crippen LogP contribution in [0.4, 0.5) is 5.82 Å². The lowest BCUT2D eigenvalue weighted by Gasteiger charge is -2.32. The van der Waals surface area contributed by atoms with Crippen molar-refractivity contribution in [2.45, 2.75) is 57.8 Å². The van der Waals surface area contributed by atoms with E-state index < -0.39 is 0 Å². The van der Waals surface area contributed by atoms with Crippen LogP contribution in [-0.2, 0) is 17.9 Å². The summed E-state index contributed by atoms with van der Waals surface area (Å²) in [6.07, 6.45) is 1.96. The van der Waals surface area contributed by atoms with E-state index >= 15 is 0 Å². The Balaban J connectivity index is 1.59. The van der Waals surface area contributed by atoms with E-state index in [2.05, 4.69) is 51.9 Å². The molecule has 1 fully saturated rings. The van der Waals surface area contributed by atoms with Crippen molar-refractivity contribution in [3.05, 3.63) is 47.7 Å². The molecule has 1 aliphatic rings. The lowest BCUT2D eigenvalue weighted by molar-refractivity contribution is 0.177. The van der Waals surface area contributed by atoms with Crippen LogP contribution in [0.25, 0.3) is 11.0 Å². The van der Waals surface area contributed by atoms with Crippen LogP contribution in [0.5, 0.6) is 0 Å². The van der Waals surface area contributed by atoms with Gasteiger partial charge in [0.1, 0.15) is 18.2 Å². The van der Waals surface area contributed by atoms with Gasteiger partial charge in [-0.2, -0.15) is 0 Å². The van der Waals surface area contributed by atoms with Crippen LogP contribution in [0.1, 0.15) is 56.0 Å². The van der Waals surface area contributed by atoms with Gasteiger partial charge in [0.25, 0.3) is 0 Å². The topological polar surface area (TPSA) is 90.9 Å². The zero-order valence-corrected chi connectivity index (χ0v) is 16.7. The van der Waals surface area contributed by atoms with Crippen molar-refractivity contribution >= 4 is 16.9 Å². The lowest BCUT2D eigenvalue weighted by Crippen LogP contribution is -2.35. The summed E-state index contributed by atoms with van der Waals surface area (Å²) in [6, 6.07) is 10.9. The number of benzene rings is 1. The van der Waals surface area contributed by atoms with Gasteiger partial charge in [0.15, 0.2) is 5.82 Å². The molecule has 2 heterocycles. The first kappa shape index (κ1) is 18.8. The van der Waals surface area contributed by atoms with Crippen LogP contribution in [-0.4, -0.2) is 32.7 Å². The van der Waals surface area contributed by atoms with E-state index in [-0.39, 0.29) is 6.04 Å². The molecule has 7 heteroatoms. The number of imidazole rings is 1. The maximum absolute atomic E-state index is 5.96. The maximum Gasteiger partial charge on any atom is 0.156 e. The third kappa shape index (κ3) is 3.72. The zero-order chi connectivity index (χ0) is 19.7. The molecule has 4 rings (SSSR count). The van der Waals surface area contributed by atoms with E-state index in [9.17, 15) is 0 Å². The molecule has 0 unspecified atom stereocenters. The van der Waals surface area contributed by atoms with Gasteiger partial charge >= 0.3 is 0 Å². The van der Waals surface area contributed by atoms with Crippen molar-refractivity contribution in [1.82, 2.24) is 19.5 Å². The molecule has 0 spiro atoms. The van der Waals surface area contributed by atoms with E-state index in [1.54, 1.807) is 7.11 Å². The van der Waals surface area contributed by atoms with E-state index in [0.717, 1.165) is 41.2 Å². The smallest absolute Gasteiger partial charge is 0.156 e. The minimum Gasteiger partial charge on any atom is -0.377 e.